The molecule has 2 bridgehead atoms. The Bertz CT molecular complexity index is 297. The fraction of sp³-hybridized carbons (Fsp3) is 0.833. The maximum absolute atomic E-state index is 10.9. The molecule has 4 atom stereocenters. The summed E-state index contributed by atoms with van der Waals surface area (Å²) in [6.45, 7) is 3.36. The molecule has 0 saturated heterocycles. The molecule has 0 heterocycles. The third-order valence-electron chi connectivity index (χ3n) is 3.71. The lowest BCUT2D eigenvalue weighted by Gasteiger charge is -2.28. The standard InChI is InChI=1S/C12H18O4/c1-7(13)15-6-10-3-9-4-11(10)12(5-9)16-8(2)14/h9-12H,3-6H2,1-2H3/t9-,10+,11+,12-/m1/s1. The zero-order valence-electron chi connectivity index (χ0n) is 9.77. The number of rotatable bonds is 3. The second-order valence-electron chi connectivity index (χ2n) is 4.95. The first-order valence-corrected chi connectivity index (χ1v) is 5.87. The van der Waals surface area contributed by atoms with Gasteiger partial charge in [-0.15, -0.1) is 0 Å². The van der Waals surface area contributed by atoms with Gasteiger partial charge in [-0.3, -0.25) is 9.59 Å². The van der Waals surface area contributed by atoms with Gasteiger partial charge in [-0.2, -0.15) is 0 Å². The molecule has 2 aliphatic carbocycles. The topological polar surface area (TPSA) is 52.6 Å². The predicted molar refractivity (Wildman–Crippen MR) is 56.5 cm³/mol. The predicted octanol–water partition coefficient (Wildman–Crippen LogP) is 1.53. The molecular weight excluding hydrogens is 208 g/mol. The van der Waals surface area contributed by atoms with Gasteiger partial charge in [0.05, 0.1) is 6.61 Å². The van der Waals surface area contributed by atoms with Crippen LogP contribution in [0.2, 0.25) is 0 Å². The summed E-state index contributed by atoms with van der Waals surface area (Å²) >= 11 is 0. The van der Waals surface area contributed by atoms with Crippen LogP contribution in [0.15, 0.2) is 0 Å². The molecule has 0 aliphatic heterocycles. The van der Waals surface area contributed by atoms with Gasteiger partial charge in [0.15, 0.2) is 0 Å². The largest absolute Gasteiger partial charge is 0.466 e. The van der Waals surface area contributed by atoms with Crippen molar-refractivity contribution in [3.63, 3.8) is 0 Å². The van der Waals surface area contributed by atoms with E-state index in [1.807, 2.05) is 0 Å². The van der Waals surface area contributed by atoms with Gasteiger partial charge in [-0.25, -0.2) is 0 Å². The molecule has 16 heavy (non-hydrogen) atoms. The second-order valence-corrected chi connectivity index (χ2v) is 4.95. The molecule has 2 rings (SSSR count). The summed E-state index contributed by atoms with van der Waals surface area (Å²) in [7, 11) is 0. The van der Waals surface area contributed by atoms with Crippen molar-refractivity contribution in [2.75, 3.05) is 6.61 Å². The van der Waals surface area contributed by atoms with Crippen LogP contribution in [-0.2, 0) is 19.1 Å². The van der Waals surface area contributed by atoms with E-state index < -0.39 is 0 Å². The number of hydrogen-bond acceptors (Lipinski definition) is 4. The number of ether oxygens (including phenoxy) is 2. The number of fused-ring (bicyclic) bond motifs is 2. The van der Waals surface area contributed by atoms with Gasteiger partial charge in [0.25, 0.3) is 0 Å². The molecule has 2 saturated carbocycles. The van der Waals surface area contributed by atoms with E-state index in [4.69, 9.17) is 9.47 Å². The van der Waals surface area contributed by atoms with E-state index in [2.05, 4.69) is 0 Å². The van der Waals surface area contributed by atoms with Crippen LogP contribution in [0.4, 0.5) is 0 Å². The van der Waals surface area contributed by atoms with Crippen molar-refractivity contribution in [1.82, 2.24) is 0 Å². The van der Waals surface area contributed by atoms with Gasteiger partial charge in [-0.1, -0.05) is 0 Å². The number of carbonyl (C=O) groups is 2. The Hall–Kier alpha value is -1.06. The molecule has 0 N–H and O–H groups in total. The van der Waals surface area contributed by atoms with Crippen LogP contribution in [0.25, 0.3) is 0 Å². The molecule has 0 amide bonds. The Labute approximate surface area is 95.3 Å². The van der Waals surface area contributed by atoms with Gasteiger partial charge in [-0.05, 0) is 31.1 Å². The summed E-state index contributed by atoms with van der Waals surface area (Å²) in [5, 5.41) is 0. The fourth-order valence-corrected chi connectivity index (χ4v) is 3.19. The molecule has 4 nitrogen and oxygen atoms in total. The van der Waals surface area contributed by atoms with Gasteiger partial charge < -0.3 is 9.47 Å². The van der Waals surface area contributed by atoms with E-state index in [0.29, 0.717) is 24.4 Å². The zero-order chi connectivity index (χ0) is 11.7. The summed E-state index contributed by atoms with van der Waals surface area (Å²) in [5.74, 6) is 0.991. The van der Waals surface area contributed by atoms with E-state index in [1.54, 1.807) is 0 Å². The van der Waals surface area contributed by atoms with E-state index in [0.717, 1.165) is 19.3 Å². The maximum Gasteiger partial charge on any atom is 0.302 e. The highest BCUT2D eigenvalue weighted by Crippen LogP contribution is 2.49. The molecule has 0 unspecified atom stereocenters. The Kier molecular flexibility index (Phi) is 3.17. The van der Waals surface area contributed by atoms with Gasteiger partial charge in [0.1, 0.15) is 6.10 Å². The molecular formula is C12H18O4. The van der Waals surface area contributed by atoms with Gasteiger partial charge >= 0.3 is 11.9 Å². The highest BCUT2D eigenvalue weighted by Gasteiger charge is 2.48. The molecule has 0 radical (unpaired) electrons. The van der Waals surface area contributed by atoms with Crippen molar-refractivity contribution in [2.24, 2.45) is 17.8 Å². The van der Waals surface area contributed by atoms with Crippen LogP contribution in [0.1, 0.15) is 33.1 Å². The highest BCUT2D eigenvalue weighted by molar-refractivity contribution is 5.66. The molecule has 0 spiro atoms. The molecule has 2 aliphatic rings. The first-order valence-electron chi connectivity index (χ1n) is 5.87. The lowest BCUT2D eigenvalue weighted by molar-refractivity contribution is -0.152. The number of carbonyl (C=O) groups excluding carboxylic acids is 2. The molecule has 2 fully saturated rings. The molecule has 4 heteroatoms. The Balaban J connectivity index is 1.88. The summed E-state index contributed by atoms with van der Waals surface area (Å²) in [6, 6.07) is 0. The smallest absolute Gasteiger partial charge is 0.302 e. The van der Waals surface area contributed by atoms with E-state index in [9.17, 15) is 9.59 Å². The maximum atomic E-state index is 10.9. The van der Waals surface area contributed by atoms with Crippen LogP contribution < -0.4 is 0 Å². The SMILES string of the molecule is CC(=O)OC[C@@H]1C[C@@H]2C[C@@H]1[C@H](OC(C)=O)C2. The highest BCUT2D eigenvalue weighted by atomic mass is 16.5. The summed E-state index contributed by atoms with van der Waals surface area (Å²) < 4.78 is 10.4. The normalized spacial score (nSPS) is 36.1. The zero-order valence-corrected chi connectivity index (χ0v) is 9.77. The minimum atomic E-state index is -0.230. The second kappa shape index (κ2) is 4.44. The van der Waals surface area contributed by atoms with Crippen LogP contribution in [0.3, 0.4) is 0 Å². The first-order chi connectivity index (χ1) is 7.56. The van der Waals surface area contributed by atoms with Crippen LogP contribution in [0.5, 0.6) is 0 Å². The summed E-state index contributed by atoms with van der Waals surface area (Å²) in [4.78, 5) is 21.7. The van der Waals surface area contributed by atoms with Crippen molar-refractivity contribution in [1.29, 1.82) is 0 Å². The van der Waals surface area contributed by atoms with Crippen LogP contribution >= 0.6 is 0 Å². The quantitative estimate of drug-likeness (QED) is 0.685. The fourth-order valence-electron chi connectivity index (χ4n) is 3.19. The van der Waals surface area contributed by atoms with Crippen molar-refractivity contribution in [2.45, 2.75) is 39.2 Å². The third-order valence-corrected chi connectivity index (χ3v) is 3.71. The van der Waals surface area contributed by atoms with Gasteiger partial charge in [0, 0.05) is 19.8 Å². The molecule has 0 aromatic heterocycles. The summed E-state index contributed by atoms with van der Waals surface area (Å²) in [6.07, 6.45) is 3.26. The lowest BCUT2D eigenvalue weighted by Crippen LogP contribution is -2.31. The van der Waals surface area contributed by atoms with E-state index in [-0.39, 0.29) is 18.0 Å². The Morgan fingerprint density at radius 3 is 2.44 bits per heavy atom. The Morgan fingerprint density at radius 2 is 1.88 bits per heavy atom. The minimum Gasteiger partial charge on any atom is -0.466 e. The lowest BCUT2D eigenvalue weighted by atomic mass is 9.87. The third kappa shape index (κ3) is 2.36. The molecule has 0 aromatic carbocycles. The van der Waals surface area contributed by atoms with E-state index in [1.165, 1.54) is 13.8 Å². The average molecular weight is 226 g/mol. The van der Waals surface area contributed by atoms with E-state index >= 15 is 0 Å². The monoisotopic (exact) mass is 226 g/mol. The first kappa shape index (κ1) is 11.4. The van der Waals surface area contributed by atoms with Crippen molar-refractivity contribution < 1.29 is 19.1 Å². The summed E-state index contributed by atoms with van der Waals surface area (Å²) in [5.41, 5.74) is 0. The Morgan fingerprint density at radius 1 is 1.12 bits per heavy atom. The number of hydrogen-bond donors (Lipinski definition) is 0. The van der Waals surface area contributed by atoms with Crippen molar-refractivity contribution in [3.8, 4) is 0 Å². The minimum absolute atomic E-state index is 0.0526. The van der Waals surface area contributed by atoms with Crippen molar-refractivity contribution in [3.05, 3.63) is 0 Å². The molecule has 90 valence electrons. The molecule has 0 aromatic rings. The van der Waals surface area contributed by atoms with Gasteiger partial charge in [0.2, 0.25) is 0 Å². The number of esters is 2. The van der Waals surface area contributed by atoms with Crippen LogP contribution in [0, 0.1) is 17.8 Å². The van der Waals surface area contributed by atoms with Crippen molar-refractivity contribution >= 4 is 11.9 Å². The van der Waals surface area contributed by atoms with Crippen LogP contribution in [-0.4, -0.2) is 24.6 Å². The average Bonchev–Trinajstić information content (AvgIpc) is 2.72.